The van der Waals surface area contributed by atoms with E-state index in [2.05, 4.69) is 20.9 Å². The molecule has 0 spiro atoms. The molecule has 8 nitrogen and oxygen atoms in total. The van der Waals surface area contributed by atoms with Crippen molar-refractivity contribution < 1.29 is 23.5 Å². The number of ether oxygens (including phenoxy) is 2. The highest BCUT2D eigenvalue weighted by Gasteiger charge is 2.23. The van der Waals surface area contributed by atoms with Crippen molar-refractivity contribution >= 4 is 23.4 Å². The second-order valence-corrected chi connectivity index (χ2v) is 7.84. The smallest absolute Gasteiger partial charge is 0.408 e. The Morgan fingerprint density at radius 2 is 1.94 bits per heavy atom. The van der Waals surface area contributed by atoms with Crippen LogP contribution in [0.15, 0.2) is 36.5 Å². The van der Waals surface area contributed by atoms with Crippen molar-refractivity contribution in [3.05, 3.63) is 42.3 Å². The Balaban J connectivity index is 2.28. The number of halogens is 1. The Kier molecular flexibility index (Phi) is 8.32. The number of alkyl carbamates (subject to hydrolysis) is 1. The summed E-state index contributed by atoms with van der Waals surface area (Å²) >= 11 is 0. The summed E-state index contributed by atoms with van der Waals surface area (Å²) in [5, 5.41) is 8.33. The number of amides is 2. The lowest BCUT2D eigenvalue weighted by Gasteiger charge is -2.22. The molecule has 0 radical (unpaired) electrons. The first-order valence-electron chi connectivity index (χ1n) is 9.89. The summed E-state index contributed by atoms with van der Waals surface area (Å²) in [7, 11) is 1.56. The molecule has 0 aliphatic carbocycles. The Morgan fingerprint density at radius 3 is 2.55 bits per heavy atom. The maximum atomic E-state index is 14.8. The Labute approximate surface area is 181 Å². The van der Waals surface area contributed by atoms with Gasteiger partial charge in [-0.25, -0.2) is 9.18 Å². The molecule has 31 heavy (non-hydrogen) atoms. The molecule has 3 N–H and O–H groups in total. The summed E-state index contributed by atoms with van der Waals surface area (Å²) < 4.78 is 25.0. The summed E-state index contributed by atoms with van der Waals surface area (Å²) in [6, 6.07) is 6.98. The molecule has 1 heterocycles. The van der Waals surface area contributed by atoms with E-state index in [9.17, 15) is 14.0 Å². The van der Waals surface area contributed by atoms with E-state index in [1.165, 1.54) is 19.1 Å². The second-order valence-electron chi connectivity index (χ2n) is 7.84. The summed E-state index contributed by atoms with van der Waals surface area (Å²) in [5.41, 5.74) is 0.667. The van der Waals surface area contributed by atoms with Crippen LogP contribution in [0.3, 0.4) is 0 Å². The average molecular weight is 432 g/mol. The van der Waals surface area contributed by atoms with Crippen LogP contribution in [0.25, 0.3) is 11.3 Å². The minimum absolute atomic E-state index is 0.224. The molecule has 0 bridgehead atoms. The molecular weight excluding hydrogens is 403 g/mol. The number of nitrogens with one attached hydrogen (secondary N) is 3. The van der Waals surface area contributed by atoms with Crippen molar-refractivity contribution in [3.63, 3.8) is 0 Å². The van der Waals surface area contributed by atoms with Crippen LogP contribution < -0.4 is 16.0 Å². The van der Waals surface area contributed by atoms with Gasteiger partial charge in [0.25, 0.3) is 0 Å². The van der Waals surface area contributed by atoms with Crippen LogP contribution in [0, 0.1) is 5.82 Å². The zero-order valence-electron chi connectivity index (χ0n) is 18.4. The van der Waals surface area contributed by atoms with Gasteiger partial charge < -0.3 is 25.4 Å². The molecule has 2 rings (SSSR count). The minimum Gasteiger partial charge on any atom is -0.444 e. The first kappa shape index (κ1) is 24.1. The maximum Gasteiger partial charge on any atom is 0.408 e. The molecule has 0 aliphatic heterocycles. The zero-order valence-corrected chi connectivity index (χ0v) is 18.4. The van der Waals surface area contributed by atoms with Crippen LogP contribution in [0.5, 0.6) is 0 Å². The third-order valence-electron chi connectivity index (χ3n) is 4.07. The van der Waals surface area contributed by atoms with Gasteiger partial charge in [-0.15, -0.1) is 0 Å². The second kappa shape index (κ2) is 10.7. The first-order chi connectivity index (χ1) is 14.6. The number of carbonyl (C=O) groups excluding carboxylic acids is 2. The SMILES string of the molecule is COCCNc1c(NC(=O)C(C)NC(=O)OC(C)(C)C)ccc(F)c1-c1ccccn1. The van der Waals surface area contributed by atoms with E-state index >= 15 is 0 Å². The highest BCUT2D eigenvalue weighted by Crippen LogP contribution is 2.35. The van der Waals surface area contributed by atoms with E-state index in [0.29, 0.717) is 30.2 Å². The number of hydrogen-bond donors (Lipinski definition) is 3. The molecule has 2 amide bonds. The Bertz CT molecular complexity index is 900. The topological polar surface area (TPSA) is 102 Å². The lowest BCUT2D eigenvalue weighted by molar-refractivity contribution is -0.117. The van der Waals surface area contributed by atoms with Gasteiger partial charge in [-0.1, -0.05) is 6.07 Å². The highest BCUT2D eigenvalue weighted by molar-refractivity contribution is 6.01. The third-order valence-corrected chi connectivity index (χ3v) is 4.07. The van der Waals surface area contributed by atoms with Gasteiger partial charge in [0.05, 0.1) is 29.2 Å². The zero-order chi connectivity index (χ0) is 23.0. The number of aromatic nitrogens is 1. The van der Waals surface area contributed by atoms with Gasteiger partial charge >= 0.3 is 6.09 Å². The van der Waals surface area contributed by atoms with Gasteiger partial charge in [0.1, 0.15) is 17.5 Å². The lowest BCUT2D eigenvalue weighted by atomic mass is 10.1. The third kappa shape index (κ3) is 7.21. The quantitative estimate of drug-likeness (QED) is 0.549. The molecule has 0 saturated heterocycles. The van der Waals surface area contributed by atoms with Gasteiger partial charge in [-0.05, 0) is 52.0 Å². The molecular formula is C22H29FN4O4. The number of rotatable bonds is 8. The number of hydrogen-bond acceptors (Lipinski definition) is 6. The van der Waals surface area contributed by atoms with Crippen molar-refractivity contribution in [1.29, 1.82) is 0 Å². The van der Waals surface area contributed by atoms with E-state index in [-0.39, 0.29) is 5.56 Å². The fourth-order valence-electron chi connectivity index (χ4n) is 2.70. The standard InChI is InChI=1S/C22H29FN4O4/c1-14(26-21(29)31-22(2,3)4)20(28)27-17-10-9-15(23)18(16-8-6-7-11-24-16)19(17)25-12-13-30-5/h6-11,14,25H,12-13H2,1-5H3,(H,26,29)(H,27,28). The van der Waals surface area contributed by atoms with Crippen LogP contribution in [0.4, 0.5) is 20.6 Å². The van der Waals surface area contributed by atoms with Crippen molar-refractivity contribution in [2.24, 2.45) is 0 Å². The average Bonchev–Trinajstić information content (AvgIpc) is 2.69. The maximum absolute atomic E-state index is 14.8. The number of carbonyl (C=O) groups is 2. The number of nitrogens with zero attached hydrogens (tertiary/aromatic N) is 1. The summed E-state index contributed by atoms with van der Waals surface area (Å²) in [6.45, 7) is 7.48. The molecule has 168 valence electrons. The van der Waals surface area contributed by atoms with Gasteiger partial charge in [-0.2, -0.15) is 0 Å². The Hall–Kier alpha value is -3.20. The molecule has 2 aromatic rings. The highest BCUT2D eigenvalue weighted by atomic mass is 19.1. The number of benzene rings is 1. The predicted molar refractivity (Wildman–Crippen MR) is 117 cm³/mol. The van der Waals surface area contributed by atoms with E-state index in [4.69, 9.17) is 9.47 Å². The summed E-state index contributed by atoms with van der Waals surface area (Å²) in [4.78, 5) is 28.9. The molecule has 1 aromatic heterocycles. The summed E-state index contributed by atoms with van der Waals surface area (Å²) in [5.74, 6) is -0.976. The van der Waals surface area contributed by atoms with Crippen LogP contribution >= 0.6 is 0 Å². The summed E-state index contributed by atoms with van der Waals surface area (Å²) in [6.07, 6.45) is 0.855. The van der Waals surface area contributed by atoms with Crippen LogP contribution in [-0.2, 0) is 14.3 Å². The molecule has 9 heteroatoms. The number of methoxy groups -OCH3 is 1. The van der Waals surface area contributed by atoms with Gasteiger partial charge in [0.15, 0.2) is 0 Å². The lowest BCUT2D eigenvalue weighted by Crippen LogP contribution is -2.44. The molecule has 0 saturated carbocycles. The van der Waals surface area contributed by atoms with E-state index < -0.39 is 29.5 Å². The van der Waals surface area contributed by atoms with Gasteiger partial charge in [0.2, 0.25) is 5.91 Å². The van der Waals surface area contributed by atoms with E-state index in [1.54, 1.807) is 52.3 Å². The first-order valence-corrected chi connectivity index (χ1v) is 9.89. The van der Waals surface area contributed by atoms with Gasteiger partial charge in [-0.3, -0.25) is 9.78 Å². The molecule has 1 unspecified atom stereocenters. The Morgan fingerprint density at radius 1 is 1.19 bits per heavy atom. The number of pyridine rings is 1. The fourth-order valence-corrected chi connectivity index (χ4v) is 2.70. The van der Waals surface area contributed by atoms with Crippen molar-refractivity contribution in [2.45, 2.75) is 39.3 Å². The normalized spacial score (nSPS) is 12.1. The monoisotopic (exact) mass is 432 g/mol. The van der Waals surface area contributed by atoms with Crippen molar-refractivity contribution in [3.8, 4) is 11.3 Å². The molecule has 1 aromatic carbocycles. The molecule has 1 atom stereocenters. The van der Waals surface area contributed by atoms with Gasteiger partial charge in [0, 0.05) is 19.9 Å². The largest absolute Gasteiger partial charge is 0.444 e. The predicted octanol–water partition coefficient (Wildman–Crippen LogP) is 3.80. The van der Waals surface area contributed by atoms with E-state index in [1.807, 2.05) is 0 Å². The van der Waals surface area contributed by atoms with Crippen molar-refractivity contribution in [1.82, 2.24) is 10.3 Å². The van der Waals surface area contributed by atoms with E-state index in [0.717, 1.165) is 0 Å². The fraction of sp³-hybridized carbons (Fsp3) is 0.409. The van der Waals surface area contributed by atoms with Crippen molar-refractivity contribution in [2.75, 3.05) is 30.9 Å². The van der Waals surface area contributed by atoms with Crippen LogP contribution in [0.2, 0.25) is 0 Å². The van der Waals surface area contributed by atoms with Crippen LogP contribution in [-0.4, -0.2) is 48.9 Å². The van der Waals surface area contributed by atoms with Crippen LogP contribution in [0.1, 0.15) is 27.7 Å². The molecule has 0 aliphatic rings. The number of anilines is 2. The molecule has 0 fully saturated rings. The minimum atomic E-state index is -0.884.